The monoisotopic (exact) mass is 719 g/mol. The van der Waals surface area contributed by atoms with Crippen molar-refractivity contribution in [3.63, 3.8) is 0 Å². The van der Waals surface area contributed by atoms with Crippen molar-refractivity contribution < 1.29 is 76.3 Å². The number of hydrogen-bond donors (Lipinski definition) is 7. The molecule has 5 heterocycles. The number of aliphatic hydroxyl groups is 4. The van der Waals surface area contributed by atoms with E-state index in [4.69, 9.17) is 20.9 Å². The molecule has 3 aromatic rings. The highest BCUT2D eigenvalue weighted by Gasteiger charge is 2.49. The van der Waals surface area contributed by atoms with E-state index >= 15 is 0 Å². The van der Waals surface area contributed by atoms with Crippen LogP contribution < -0.4 is 20.9 Å². The zero-order chi connectivity index (χ0) is 35.1. The second-order valence-corrected chi connectivity index (χ2v) is 13.8. The number of phosphoric ester groups is 2. The number of Topliss-reactive ketones (excluding diaryl/α,β-unsaturated/α-hetero) is 1. The van der Waals surface area contributed by atoms with Gasteiger partial charge in [0.15, 0.2) is 36.2 Å². The molecule has 10 unspecified atom stereocenters. The molecule has 0 spiro atoms. The third-order valence-corrected chi connectivity index (χ3v) is 9.97. The molecule has 3 aromatic heterocycles. The highest BCUT2D eigenvalue weighted by atomic mass is 31.3. The van der Waals surface area contributed by atoms with Crippen LogP contribution in [0.25, 0.3) is 11.2 Å². The molecule has 1 amide bonds. The first kappa shape index (κ1) is 36.0. The summed E-state index contributed by atoms with van der Waals surface area (Å²) in [5.74, 6) is -1.10. The minimum absolute atomic E-state index is 0.0359. The standard InChI is InChI=1S/C24H31N7O15P2/c1-10(32)4-11-2-3-30(5-12(11)21(26)37)23-18(35)16(33)13(44-23)6-42-47(38,39)46-48(40,41)43-7-14-17(34)19(36)24(45-14)31-9-29-15-20(25)27-8-28-22(15)31/h2-3,5,8-9,13-14,16-19,23-24,33-36H,4,6-7H2,1H3,(H5-,25,26,27,28,37,38,39,40,41). The number of nitrogen functional groups attached to an aromatic ring is 1. The van der Waals surface area contributed by atoms with Crippen molar-refractivity contribution in [2.45, 2.75) is 62.4 Å². The number of rotatable bonds is 13. The van der Waals surface area contributed by atoms with E-state index in [9.17, 15) is 48.9 Å². The van der Waals surface area contributed by atoms with Gasteiger partial charge in [-0.3, -0.25) is 23.2 Å². The molecule has 10 atom stereocenters. The van der Waals surface area contributed by atoms with E-state index in [1.807, 2.05) is 0 Å². The first-order chi connectivity index (χ1) is 22.5. The number of aromatic nitrogens is 5. The number of phosphoric acid groups is 2. The number of hydrogen-bond acceptors (Lipinski definition) is 18. The Morgan fingerprint density at radius 1 is 1.04 bits per heavy atom. The van der Waals surface area contributed by atoms with Crippen molar-refractivity contribution in [2.75, 3.05) is 18.9 Å². The van der Waals surface area contributed by atoms with Crippen molar-refractivity contribution in [3.05, 3.63) is 42.2 Å². The summed E-state index contributed by atoms with van der Waals surface area (Å²) in [5.41, 5.74) is 11.7. The molecule has 48 heavy (non-hydrogen) atoms. The zero-order valence-electron chi connectivity index (χ0n) is 24.7. The summed E-state index contributed by atoms with van der Waals surface area (Å²) in [5, 5.41) is 41.9. The summed E-state index contributed by atoms with van der Waals surface area (Å²) < 4.78 is 51.8. The van der Waals surface area contributed by atoms with E-state index in [0.717, 1.165) is 6.33 Å². The Morgan fingerprint density at radius 2 is 1.71 bits per heavy atom. The van der Waals surface area contributed by atoms with Crippen LogP contribution in [0.15, 0.2) is 31.1 Å². The van der Waals surface area contributed by atoms with Gasteiger partial charge in [0, 0.05) is 12.5 Å². The maximum absolute atomic E-state index is 12.5. The first-order valence-corrected chi connectivity index (χ1v) is 16.9. The number of primary amides is 1. The quantitative estimate of drug-likeness (QED) is 0.0665. The van der Waals surface area contributed by atoms with Gasteiger partial charge in [0.1, 0.15) is 53.7 Å². The number of fused-ring (bicyclic) bond motifs is 1. The predicted molar refractivity (Wildman–Crippen MR) is 152 cm³/mol. The number of pyridine rings is 1. The van der Waals surface area contributed by atoms with Gasteiger partial charge in [-0.2, -0.15) is 4.57 Å². The summed E-state index contributed by atoms with van der Waals surface area (Å²) in [6, 6.07) is 1.38. The van der Waals surface area contributed by atoms with Crippen molar-refractivity contribution in [2.24, 2.45) is 5.73 Å². The third-order valence-electron chi connectivity index (χ3n) is 7.41. The van der Waals surface area contributed by atoms with Crippen molar-refractivity contribution in [3.8, 4) is 0 Å². The van der Waals surface area contributed by atoms with Crippen LogP contribution in [0.2, 0.25) is 0 Å². The summed E-state index contributed by atoms with van der Waals surface area (Å²) in [6.07, 6.45) is -7.66. The summed E-state index contributed by atoms with van der Waals surface area (Å²) in [6.45, 7) is -0.642. The Labute approximate surface area is 269 Å². The molecule has 9 N–H and O–H groups in total. The molecule has 2 aliphatic heterocycles. The fourth-order valence-corrected chi connectivity index (χ4v) is 7.17. The number of amides is 1. The molecule has 5 rings (SSSR count). The number of carbonyl (C=O) groups is 2. The van der Waals surface area contributed by atoms with Crippen molar-refractivity contribution >= 4 is 44.3 Å². The molecule has 262 valence electrons. The van der Waals surface area contributed by atoms with Crippen LogP contribution in [0.3, 0.4) is 0 Å². The normalized spacial score (nSPS) is 29.9. The lowest BCUT2D eigenvalue weighted by molar-refractivity contribution is -0.765. The Kier molecular flexibility index (Phi) is 10.4. The molecular formula is C24H31N7O15P2. The molecule has 0 aromatic carbocycles. The predicted octanol–water partition coefficient (Wildman–Crippen LogP) is -3.52. The van der Waals surface area contributed by atoms with Crippen LogP contribution in [-0.4, -0.2) is 106 Å². The first-order valence-electron chi connectivity index (χ1n) is 13.9. The van der Waals surface area contributed by atoms with Crippen LogP contribution in [-0.2, 0) is 43.2 Å². The molecule has 0 saturated carbocycles. The molecule has 0 bridgehead atoms. The van der Waals surface area contributed by atoms with Gasteiger partial charge in [0.05, 0.1) is 19.5 Å². The lowest BCUT2D eigenvalue weighted by Crippen LogP contribution is -2.46. The Hall–Kier alpha value is -3.34. The average molecular weight is 719 g/mol. The highest BCUT2D eigenvalue weighted by Crippen LogP contribution is 2.58. The largest absolute Gasteiger partial charge is 0.756 e. The third kappa shape index (κ3) is 7.61. The van der Waals surface area contributed by atoms with E-state index in [1.54, 1.807) is 0 Å². The number of anilines is 1. The molecule has 0 aliphatic carbocycles. The fraction of sp³-hybridized carbons (Fsp3) is 0.500. The van der Waals surface area contributed by atoms with E-state index in [-0.39, 0.29) is 34.7 Å². The van der Waals surface area contributed by atoms with Crippen LogP contribution in [0.4, 0.5) is 5.82 Å². The molecule has 2 aliphatic rings. The fourth-order valence-electron chi connectivity index (χ4n) is 5.12. The summed E-state index contributed by atoms with van der Waals surface area (Å²) in [4.78, 5) is 57.7. The average Bonchev–Trinajstić information content (AvgIpc) is 3.65. The molecule has 24 heteroatoms. The molecule has 2 fully saturated rings. The molecular weight excluding hydrogens is 688 g/mol. The van der Waals surface area contributed by atoms with E-state index in [0.29, 0.717) is 5.56 Å². The van der Waals surface area contributed by atoms with Gasteiger partial charge in [-0.25, -0.2) is 23.8 Å². The molecule has 0 radical (unpaired) electrons. The van der Waals surface area contributed by atoms with Crippen LogP contribution in [0.5, 0.6) is 0 Å². The van der Waals surface area contributed by atoms with Crippen LogP contribution >= 0.6 is 15.6 Å². The molecule has 22 nitrogen and oxygen atoms in total. The lowest BCUT2D eigenvalue weighted by atomic mass is 10.0. The molecule has 2 saturated heterocycles. The van der Waals surface area contributed by atoms with Gasteiger partial charge >= 0.3 is 7.82 Å². The second kappa shape index (κ2) is 13.9. The van der Waals surface area contributed by atoms with Gasteiger partial charge < -0.3 is 55.7 Å². The zero-order valence-corrected chi connectivity index (χ0v) is 26.5. The van der Waals surface area contributed by atoms with Gasteiger partial charge in [-0.1, -0.05) is 0 Å². The SMILES string of the molecule is CC(=O)Cc1cc[n+](C2OC(COP(=O)([O-])OP(=O)(O)OCC3OC(n4cnc5c(N)ncnc54)C(O)C3O)C(O)C2O)cc1C(N)=O. The van der Waals surface area contributed by atoms with Gasteiger partial charge in [-0.15, -0.1) is 0 Å². The smallest absolute Gasteiger partial charge is 0.478 e. The van der Waals surface area contributed by atoms with Gasteiger partial charge in [0.25, 0.3) is 20.0 Å². The van der Waals surface area contributed by atoms with Gasteiger partial charge in [0.2, 0.25) is 0 Å². The summed E-state index contributed by atoms with van der Waals surface area (Å²) >= 11 is 0. The lowest BCUT2D eigenvalue weighted by Gasteiger charge is -2.26. The Balaban J connectivity index is 1.17. The highest BCUT2D eigenvalue weighted by molar-refractivity contribution is 7.60. The second-order valence-electron chi connectivity index (χ2n) is 10.8. The Morgan fingerprint density at radius 3 is 2.40 bits per heavy atom. The van der Waals surface area contributed by atoms with E-state index in [2.05, 4.69) is 28.3 Å². The maximum Gasteiger partial charge on any atom is 0.478 e. The number of aliphatic hydroxyl groups excluding tert-OH is 4. The minimum atomic E-state index is -5.67. The summed E-state index contributed by atoms with van der Waals surface area (Å²) in [7, 11) is -11.1. The van der Waals surface area contributed by atoms with E-state index in [1.165, 1.54) is 40.8 Å². The van der Waals surface area contributed by atoms with E-state index < -0.39 is 83.8 Å². The van der Waals surface area contributed by atoms with Crippen LogP contribution in [0, 0.1) is 0 Å². The topological polar surface area (TPSA) is 338 Å². The maximum atomic E-state index is 12.5. The van der Waals surface area contributed by atoms with Crippen LogP contribution in [0.1, 0.15) is 35.3 Å². The number of nitrogens with two attached hydrogens (primary N) is 2. The minimum Gasteiger partial charge on any atom is -0.756 e. The number of ether oxygens (including phenoxy) is 2. The number of ketones is 1. The van der Waals surface area contributed by atoms with Gasteiger partial charge in [-0.05, 0) is 12.5 Å². The number of nitrogens with zero attached hydrogens (tertiary/aromatic N) is 5. The number of imidazole rings is 1. The Bertz CT molecular complexity index is 1800. The van der Waals surface area contributed by atoms with Crippen molar-refractivity contribution in [1.29, 1.82) is 0 Å². The number of carbonyl (C=O) groups excluding carboxylic acids is 2. The van der Waals surface area contributed by atoms with Crippen molar-refractivity contribution in [1.82, 2.24) is 19.5 Å².